The lowest BCUT2D eigenvalue weighted by molar-refractivity contribution is -0.0837. The largest absolute Gasteiger partial charge is 0.375 e. The number of hydrogen-bond acceptors (Lipinski definition) is 2. The molecule has 0 aromatic heterocycles. The average Bonchev–Trinajstić information content (AvgIpc) is 2.63. The van der Waals surface area contributed by atoms with Crippen LogP contribution < -0.4 is 0 Å². The molecule has 6 atom stereocenters. The summed E-state index contributed by atoms with van der Waals surface area (Å²) < 4.78 is 11.8. The minimum absolute atomic E-state index is 0.250. The van der Waals surface area contributed by atoms with Crippen molar-refractivity contribution >= 4 is 0 Å². The fourth-order valence-electron chi connectivity index (χ4n) is 4.76. The molecule has 2 nitrogen and oxygen atoms in total. The van der Waals surface area contributed by atoms with Crippen molar-refractivity contribution in [2.45, 2.75) is 50.4 Å². The van der Waals surface area contributed by atoms with Gasteiger partial charge in [0.2, 0.25) is 0 Å². The smallest absolute Gasteiger partial charge is 0.0900 e. The molecular formula is C12H18O2. The number of rotatable bonds is 2. The molecule has 1 aliphatic heterocycles. The second-order valence-corrected chi connectivity index (χ2v) is 5.57. The second-order valence-electron chi connectivity index (χ2n) is 5.57. The molecule has 0 spiro atoms. The quantitative estimate of drug-likeness (QED) is 0.627. The third-order valence-electron chi connectivity index (χ3n) is 5.13. The lowest BCUT2D eigenvalue weighted by Crippen LogP contribution is -2.40. The van der Waals surface area contributed by atoms with Crippen LogP contribution in [0, 0.1) is 17.8 Å². The van der Waals surface area contributed by atoms with E-state index in [0.29, 0.717) is 12.2 Å². The standard InChI is InChI=1S/C12H18O2/c1-2-13-12-4-3-7(6-12)8-5-9-11(14-9)10(8)12/h7-11H,2-6H2,1H3. The van der Waals surface area contributed by atoms with Gasteiger partial charge in [0.1, 0.15) is 0 Å². The van der Waals surface area contributed by atoms with Gasteiger partial charge in [-0.15, -0.1) is 0 Å². The lowest BCUT2D eigenvalue weighted by Gasteiger charge is -2.36. The van der Waals surface area contributed by atoms with E-state index < -0.39 is 0 Å². The van der Waals surface area contributed by atoms with Crippen LogP contribution in [0.4, 0.5) is 0 Å². The van der Waals surface area contributed by atoms with Crippen molar-refractivity contribution in [3.05, 3.63) is 0 Å². The molecule has 3 saturated carbocycles. The van der Waals surface area contributed by atoms with E-state index in [1.54, 1.807) is 0 Å². The maximum absolute atomic E-state index is 6.11. The SMILES string of the molecule is CCOC12CCC(C1)C1CC3OC3C12. The van der Waals surface area contributed by atoms with Crippen LogP contribution in [0.2, 0.25) is 0 Å². The minimum atomic E-state index is 0.250. The Morgan fingerprint density at radius 2 is 2.43 bits per heavy atom. The monoisotopic (exact) mass is 194 g/mol. The van der Waals surface area contributed by atoms with Gasteiger partial charge in [-0.2, -0.15) is 0 Å². The van der Waals surface area contributed by atoms with Crippen molar-refractivity contribution < 1.29 is 9.47 Å². The summed E-state index contributed by atoms with van der Waals surface area (Å²) >= 11 is 0. The highest BCUT2D eigenvalue weighted by molar-refractivity contribution is 5.19. The topological polar surface area (TPSA) is 21.8 Å². The molecule has 0 aromatic rings. The third-order valence-corrected chi connectivity index (χ3v) is 5.13. The van der Waals surface area contributed by atoms with E-state index in [9.17, 15) is 0 Å². The van der Waals surface area contributed by atoms with E-state index in [4.69, 9.17) is 9.47 Å². The van der Waals surface area contributed by atoms with Gasteiger partial charge in [-0.05, 0) is 44.4 Å². The van der Waals surface area contributed by atoms with E-state index in [0.717, 1.165) is 24.4 Å². The molecule has 3 aliphatic carbocycles. The van der Waals surface area contributed by atoms with Gasteiger partial charge in [-0.25, -0.2) is 0 Å². The predicted molar refractivity (Wildman–Crippen MR) is 52.0 cm³/mol. The van der Waals surface area contributed by atoms with Crippen LogP contribution in [0.5, 0.6) is 0 Å². The molecule has 0 aromatic carbocycles. The van der Waals surface area contributed by atoms with Crippen molar-refractivity contribution in [1.82, 2.24) is 0 Å². The molecule has 4 rings (SSSR count). The van der Waals surface area contributed by atoms with Crippen LogP contribution in [-0.2, 0) is 9.47 Å². The van der Waals surface area contributed by atoms with Crippen LogP contribution in [0.3, 0.4) is 0 Å². The summed E-state index contributed by atoms with van der Waals surface area (Å²) in [6, 6.07) is 0. The predicted octanol–water partition coefficient (Wildman–Crippen LogP) is 1.98. The Morgan fingerprint density at radius 1 is 1.50 bits per heavy atom. The van der Waals surface area contributed by atoms with Crippen molar-refractivity contribution in [2.75, 3.05) is 6.61 Å². The zero-order chi connectivity index (χ0) is 9.34. The van der Waals surface area contributed by atoms with E-state index in [-0.39, 0.29) is 5.60 Å². The molecule has 0 N–H and O–H groups in total. The van der Waals surface area contributed by atoms with Gasteiger partial charge >= 0.3 is 0 Å². The molecule has 4 fully saturated rings. The maximum Gasteiger partial charge on any atom is 0.0900 e. The highest BCUT2D eigenvalue weighted by Gasteiger charge is 2.70. The van der Waals surface area contributed by atoms with Crippen LogP contribution >= 0.6 is 0 Å². The zero-order valence-electron chi connectivity index (χ0n) is 8.74. The Balaban J connectivity index is 1.70. The molecular weight excluding hydrogens is 176 g/mol. The molecule has 2 bridgehead atoms. The normalized spacial score (nSPS) is 62.8. The number of ether oxygens (including phenoxy) is 2. The lowest BCUT2D eigenvalue weighted by atomic mass is 9.78. The number of epoxide rings is 1. The Morgan fingerprint density at radius 3 is 3.29 bits per heavy atom. The fourth-order valence-corrected chi connectivity index (χ4v) is 4.76. The number of hydrogen-bond donors (Lipinski definition) is 0. The van der Waals surface area contributed by atoms with Gasteiger partial charge < -0.3 is 9.47 Å². The maximum atomic E-state index is 6.11. The molecule has 4 aliphatic rings. The van der Waals surface area contributed by atoms with Gasteiger partial charge in [0.25, 0.3) is 0 Å². The molecule has 6 unspecified atom stereocenters. The van der Waals surface area contributed by atoms with Crippen molar-refractivity contribution in [3.8, 4) is 0 Å². The first-order valence-electron chi connectivity index (χ1n) is 6.13. The van der Waals surface area contributed by atoms with E-state index in [1.165, 1.54) is 25.7 Å². The van der Waals surface area contributed by atoms with Gasteiger partial charge in [-0.1, -0.05) is 0 Å². The first-order chi connectivity index (χ1) is 6.84. The summed E-state index contributed by atoms with van der Waals surface area (Å²) in [6.45, 7) is 3.02. The average molecular weight is 194 g/mol. The summed E-state index contributed by atoms with van der Waals surface area (Å²) in [5, 5.41) is 0. The summed E-state index contributed by atoms with van der Waals surface area (Å²) in [6.07, 6.45) is 6.62. The summed E-state index contributed by atoms with van der Waals surface area (Å²) in [5.41, 5.74) is 0.250. The summed E-state index contributed by atoms with van der Waals surface area (Å²) in [5.74, 6) is 2.70. The van der Waals surface area contributed by atoms with E-state index in [2.05, 4.69) is 6.92 Å². The van der Waals surface area contributed by atoms with Gasteiger partial charge in [0.15, 0.2) is 0 Å². The second kappa shape index (κ2) is 2.35. The van der Waals surface area contributed by atoms with Gasteiger partial charge in [-0.3, -0.25) is 0 Å². The van der Waals surface area contributed by atoms with E-state index in [1.807, 2.05) is 0 Å². The van der Waals surface area contributed by atoms with Crippen LogP contribution in [0.1, 0.15) is 32.6 Å². The minimum Gasteiger partial charge on any atom is -0.375 e. The summed E-state index contributed by atoms with van der Waals surface area (Å²) in [4.78, 5) is 0. The van der Waals surface area contributed by atoms with Crippen LogP contribution in [0.15, 0.2) is 0 Å². The van der Waals surface area contributed by atoms with Crippen LogP contribution in [-0.4, -0.2) is 24.4 Å². The Labute approximate surface area is 85.0 Å². The van der Waals surface area contributed by atoms with Crippen molar-refractivity contribution in [3.63, 3.8) is 0 Å². The fraction of sp³-hybridized carbons (Fsp3) is 1.00. The Bertz CT molecular complexity index is 277. The molecule has 14 heavy (non-hydrogen) atoms. The summed E-state index contributed by atoms with van der Waals surface area (Å²) in [7, 11) is 0. The third kappa shape index (κ3) is 0.772. The first-order valence-corrected chi connectivity index (χ1v) is 6.13. The molecule has 78 valence electrons. The molecule has 1 heterocycles. The first kappa shape index (κ1) is 8.12. The van der Waals surface area contributed by atoms with Crippen molar-refractivity contribution in [1.29, 1.82) is 0 Å². The zero-order valence-corrected chi connectivity index (χ0v) is 8.74. The van der Waals surface area contributed by atoms with E-state index >= 15 is 0 Å². The van der Waals surface area contributed by atoms with Gasteiger partial charge in [0.05, 0.1) is 17.8 Å². The van der Waals surface area contributed by atoms with Crippen molar-refractivity contribution in [2.24, 2.45) is 17.8 Å². The highest BCUT2D eigenvalue weighted by atomic mass is 16.6. The molecule has 2 heteroatoms. The van der Waals surface area contributed by atoms with Crippen LogP contribution in [0.25, 0.3) is 0 Å². The van der Waals surface area contributed by atoms with Gasteiger partial charge in [0, 0.05) is 12.5 Å². The highest BCUT2D eigenvalue weighted by Crippen LogP contribution is 2.67. The molecule has 0 amide bonds. The Kier molecular flexibility index (Phi) is 1.37. The molecule has 0 radical (unpaired) electrons. The molecule has 1 saturated heterocycles. The number of fused-ring (bicyclic) bond motifs is 7. The Hall–Kier alpha value is -0.0800.